The second-order valence-corrected chi connectivity index (χ2v) is 5.71. The van der Waals surface area contributed by atoms with Crippen molar-refractivity contribution in [3.8, 4) is 0 Å². The zero-order valence-corrected chi connectivity index (χ0v) is 12.9. The Kier molecular flexibility index (Phi) is 4.74. The lowest BCUT2D eigenvalue weighted by Crippen LogP contribution is -2.08. The highest BCUT2D eigenvalue weighted by Crippen LogP contribution is 2.30. The fourth-order valence-electron chi connectivity index (χ4n) is 1.85. The number of alkyl halides is 3. The Balaban J connectivity index is 2.26. The van der Waals surface area contributed by atoms with Gasteiger partial charge in [-0.25, -0.2) is 0 Å². The zero-order valence-electron chi connectivity index (χ0n) is 10.5. The first-order chi connectivity index (χ1) is 9.77. The molecule has 21 heavy (non-hydrogen) atoms. The first-order valence-electron chi connectivity index (χ1n) is 5.92. The molecule has 0 fully saturated rings. The van der Waals surface area contributed by atoms with Crippen molar-refractivity contribution < 1.29 is 18.0 Å². The van der Waals surface area contributed by atoms with E-state index in [4.69, 9.17) is 11.6 Å². The van der Waals surface area contributed by atoms with Crippen LogP contribution >= 0.6 is 27.5 Å². The lowest BCUT2D eigenvalue weighted by atomic mass is 10.0. The number of carbonyl (C=O) groups is 1. The molecule has 0 heterocycles. The van der Waals surface area contributed by atoms with E-state index in [-0.39, 0.29) is 12.2 Å². The van der Waals surface area contributed by atoms with Crippen LogP contribution in [0, 0.1) is 0 Å². The summed E-state index contributed by atoms with van der Waals surface area (Å²) in [5, 5.41) is 0.394. The van der Waals surface area contributed by atoms with Gasteiger partial charge in [0.15, 0.2) is 5.78 Å². The van der Waals surface area contributed by atoms with Crippen LogP contribution in [0.3, 0.4) is 0 Å². The van der Waals surface area contributed by atoms with Gasteiger partial charge in [0.25, 0.3) is 0 Å². The molecule has 0 unspecified atom stereocenters. The maximum absolute atomic E-state index is 12.6. The Labute approximate surface area is 132 Å². The van der Waals surface area contributed by atoms with Crippen molar-refractivity contribution in [2.75, 3.05) is 0 Å². The molecule has 2 aromatic rings. The van der Waals surface area contributed by atoms with E-state index in [1.807, 2.05) is 0 Å². The maximum Gasteiger partial charge on any atom is 0.416 e. The maximum atomic E-state index is 12.6. The van der Waals surface area contributed by atoms with E-state index < -0.39 is 11.7 Å². The summed E-state index contributed by atoms with van der Waals surface area (Å²) in [6, 6.07) is 9.47. The van der Waals surface area contributed by atoms with E-state index in [0.717, 1.165) is 12.1 Å². The molecule has 0 aliphatic carbocycles. The Morgan fingerprint density at radius 3 is 2.52 bits per heavy atom. The number of rotatable bonds is 3. The number of ketones is 1. The van der Waals surface area contributed by atoms with Crippen molar-refractivity contribution in [2.24, 2.45) is 0 Å². The minimum atomic E-state index is -4.42. The Bertz CT molecular complexity index is 683. The summed E-state index contributed by atoms with van der Waals surface area (Å²) in [6.07, 6.45) is -4.54. The molecule has 2 aromatic carbocycles. The van der Waals surface area contributed by atoms with Crippen LogP contribution in [0.2, 0.25) is 5.02 Å². The van der Waals surface area contributed by atoms with Crippen LogP contribution in [0.15, 0.2) is 46.9 Å². The van der Waals surface area contributed by atoms with Gasteiger partial charge >= 0.3 is 6.18 Å². The topological polar surface area (TPSA) is 17.1 Å². The number of carbonyl (C=O) groups excluding carboxylic acids is 1. The van der Waals surface area contributed by atoms with E-state index in [0.29, 0.717) is 20.6 Å². The van der Waals surface area contributed by atoms with E-state index >= 15 is 0 Å². The highest BCUT2D eigenvalue weighted by molar-refractivity contribution is 9.10. The molecule has 110 valence electrons. The van der Waals surface area contributed by atoms with E-state index in [1.54, 1.807) is 12.1 Å². The van der Waals surface area contributed by atoms with Gasteiger partial charge in [0, 0.05) is 21.5 Å². The lowest BCUT2D eigenvalue weighted by molar-refractivity contribution is -0.137. The van der Waals surface area contributed by atoms with E-state index in [9.17, 15) is 18.0 Å². The fraction of sp³-hybridized carbons (Fsp3) is 0.133. The number of benzene rings is 2. The van der Waals surface area contributed by atoms with Crippen LogP contribution in [-0.4, -0.2) is 5.78 Å². The third kappa shape index (κ3) is 4.08. The number of halogens is 5. The van der Waals surface area contributed by atoms with Crippen molar-refractivity contribution in [2.45, 2.75) is 12.6 Å². The van der Waals surface area contributed by atoms with Crippen LogP contribution < -0.4 is 0 Å². The zero-order chi connectivity index (χ0) is 15.6. The Hall–Kier alpha value is -1.33. The second kappa shape index (κ2) is 6.20. The molecule has 0 aliphatic rings. The molecular formula is C15H9BrClF3O. The van der Waals surface area contributed by atoms with Crippen LogP contribution in [-0.2, 0) is 12.6 Å². The highest BCUT2D eigenvalue weighted by Gasteiger charge is 2.30. The number of hydrogen-bond acceptors (Lipinski definition) is 1. The Morgan fingerprint density at radius 1 is 1.14 bits per heavy atom. The minimum absolute atomic E-state index is 0.122. The van der Waals surface area contributed by atoms with Gasteiger partial charge in [0.1, 0.15) is 0 Å². The van der Waals surface area contributed by atoms with Gasteiger partial charge < -0.3 is 0 Å². The van der Waals surface area contributed by atoms with Gasteiger partial charge in [-0.3, -0.25) is 4.79 Å². The van der Waals surface area contributed by atoms with Gasteiger partial charge in [0.05, 0.1) is 5.56 Å². The molecule has 0 saturated heterocycles. The fourth-order valence-corrected chi connectivity index (χ4v) is 2.49. The third-order valence-electron chi connectivity index (χ3n) is 2.85. The molecule has 0 N–H and O–H groups in total. The number of Topliss-reactive ketones (excluding diaryl/α,β-unsaturated/α-hetero) is 1. The van der Waals surface area contributed by atoms with Gasteiger partial charge in [-0.2, -0.15) is 13.2 Å². The summed E-state index contributed by atoms with van der Waals surface area (Å²) in [7, 11) is 0. The molecule has 0 bridgehead atoms. The smallest absolute Gasteiger partial charge is 0.294 e. The van der Waals surface area contributed by atoms with Gasteiger partial charge in [-0.1, -0.05) is 45.7 Å². The minimum Gasteiger partial charge on any atom is -0.294 e. The predicted molar refractivity (Wildman–Crippen MR) is 78.6 cm³/mol. The largest absolute Gasteiger partial charge is 0.416 e. The van der Waals surface area contributed by atoms with Crippen LogP contribution in [0.1, 0.15) is 21.5 Å². The number of hydrogen-bond donors (Lipinski definition) is 0. The predicted octanol–water partition coefficient (Wildman–Crippen LogP) is 5.55. The average Bonchev–Trinajstić information content (AvgIpc) is 2.41. The van der Waals surface area contributed by atoms with Crippen molar-refractivity contribution in [3.63, 3.8) is 0 Å². The van der Waals surface area contributed by atoms with Gasteiger partial charge in [-0.15, -0.1) is 0 Å². The molecule has 0 aliphatic heterocycles. The standard InChI is InChI=1S/C15H9BrClF3O/c16-13-5-4-11(17)8-12(13)14(21)7-9-2-1-3-10(6-9)15(18,19)20/h1-6,8H,7H2. The molecule has 6 heteroatoms. The van der Waals surface area contributed by atoms with Crippen LogP contribution in [0.4, 0.5) is 13.2 Å². The Morgan fingerprint density at radius 2 is 1.86 bits per heavy atom. The van der Waals surface area contributed by atoms with Crippen molar-refractivity contribution in [1.29, 1.82) is 0 Å². The van der Waals surface area contributed by atoms with Crippen molar-refractivity contribution in [1.82, 2.24) is 0 Å². The third-order valence-corrected chi connectivity index (χ3v) is 3.77. The molecule has 1 nitrogen and oxygen atoms in total. The summed E-state index contributed by atoms with van der Waals surface area (Å²) in [5.74, 6) is -0.302. The molecule has 0 amide bonds. The first-order valence-corrected chi connectivity index (χ1v) is 7.09. The molecule has 0 spiro atoms. The molecule has 0 atom stereocenters. The van der Waals surface area contributed by atoms with Crippen LogP contribution in [0.5, 0.6) is 0 Å². The molecular weight excluding hydrogens is 369 g/mol. The second-order valence-electron chi connectivity index (χ2n) is 4.42. The average molecular weight is 378 g/mol. The van der Waals surface area contributed by atoms with Gasteiger partial charge in [-0.05, 0) is 29.8 Å². The summed E-state index contributed by atoms with van der Waals surface area (Å²) in [5.41, 5.74) is -0.112. The van der Waals surface area contributed by atoms with Crippen molar-refractivity contribution >= 4 is 33.3 Å². The highest BCUT2D eigenvalue weighted by atomic mass is 79.9. The van der Waals surface area contributed by atoms with Crippen LogP contribution in [0.25, 0.3) is 0 Å². The molecule has 0 saturated carbocycles. The molecule has 0 radical (unpaired) electrons. The SMILES string of the molecule is O=C(Cc1cccc(C(F)(F)F)c1)c1cc(Cl)ccc1Br. The summed E-state index contributed by atoms with van der Waals surface area (Å²) in [6.45, 7) is 0. The summed E-state index contributed by atoms with van der Waals surface area (Å²) >= 11 is 9.06. The normalized spacial score (nSPS) is 11.5. The molecule has 2 rings (SSSR count). The van der Waals surface area contributed by atoms with Gasteiger partial charge in [0.2, 0.25) is 0 Å². The summed E-state index contributed by atoms with van der Waals surface area (Å²) in [4.78, 5) is 12.2. The quantitative estimate of drug-likeness (QED) is 0.641. The lowest BCUT2D eigenvalue weighted by Gasteiger charge is -2.09. The van der Waals surface area contributed by atoms with E-state index in [1.165, 1.54) is 18.2 Å². The molecule has 0 aromatic heterocycles. The van der Waals surface area contributed by atoms with E-state index in [2.05, 4.69) is 15.9 Å². The monoisotopic (exact) mass is 376 g/mol. The summed E-state index contributed by atoms with van der Waals surface area (Å²) < 4.78 is 38.5. The van der Waals surface area contributed by atoms with Crippen molar-refractivity contribution in [3.05, 3.63) is 68.7 Å². The first kappa shape index (κ1) is 16.0.